The number of carbonyl (C=O) groups is 1. The number of aromatic carboxylic acids is 1. The van der Waals surface area contributed by atoms with E-state index in [4.69, 9.17) is 9.84 Å². The summed E-state index contributed by atoms with van der Waals surface area (Å²) in [6, 6.07) is 3.26. The molecule has 2 atom stereocenters. The number of rotatable bonds is 4. The van der Waals surface area contributed by atoms with E-state index in [0.717, 1.165) is 0 Å². The summed E-state index contributed by atoms with van der Waals surface area (Å²) < 4.78 is 6.19. The van der Waals surface area contributed by atoms with Gasteiger partial charge in [0.25, 0.3) is 0 Å². The Kier molecular flexibility index (Phi) is 4.54. The molecule has 1 aromatic carbocycles. The molecular weight excluding hydrogens is 288 g/mol. The second kappa shape index (κ2) is 5.51. The van der Waals surface area contributed by atoms with Gasteiger partial charge in [-0.2, -0.15) is 0 Å². The van der Waals surface area contributed by atoms with E-state index in [1.807, 2.05) is 0 Å². The monoisotopic (exact) mass is 302 g/mol. The first-order valence-corrected chi connectivity index (χ1v) is 6.00. The van der Waals surface area contributed by atoms with Crippen LogP contribution in [0.4, 0.5) is 0 Å². The molecule has 0 radical (unpaired) electrons. The van der Waals surface area contributed by atoms with Crippen LogP contribution >= 0.6 is 15.9 Å². The zero-order valence-corrected chi connectivity index (χ0v) is 11.5. The molecule has 5 heteroatoms. The summed E-state index contributed by atoms with van der Waals surface area (Å²) in [5.41, 5.74) is 0.800. The SMILES string of the molecule is Cc1cc(Br)cc(C(=O)O)c1OC(C)C(C)O. The van der Waals surface area contributed by atoms with Gasteiger partial charge in [0.2, 0.25) is 0 Å². The number of carboxylic acids is 1. The molecule has 0 spiro atoms. The fourth-order valence-corrected chi connectivity index (χ4v) is 1.90. The smallest absolute Gasteiger partial charge is 0.339 e. The van der Waals surface area contributed by atoms with Crippen LogP contribution < -0.4 is 4.74 Å². The van der Waals surface area contributed by atoms with Gasteiger partial charge in [-0.05, 0) is 38.5 Å². The first-order valence-electron chi connectivity index (χ1n) is 5.21. The summed E-state index contributed by atoms with van der Waals surface area (Å²) in [4.78, 5) is 11.1. The number of aliphatic hydroxyl groups is 1. The lowest BCUT2D eigenvalue weighted by Crippen LogP contribution is -2.26. The van der Waals surface area contributed by atoms with E-state index < -0.39 is 18.2 Å². The maximum atomic E-state index is 11.1. The van der Waals surface area contributed by atoms with Crippen molar-refractivity contribution in [2.24, 2.45) is 0 Å². The minimum absolute atomic E-state index is 0.0874. The first kappa shape index (κ1) is 14.0. The van der Waals surface area contributed by atoms with E-state index in [1.165, 1.54) is 6.07 Å². The van der Waals surface area contributed by atoms with Crippen molar-refractivity contribution in [3.63, 3.8) is 0 Å². The van der Waals surface area contributed by atoms with Crippen molar-refractivity contribution in [3.05, 3.63) is 27.7 Å². The average Bonchev–Trinajstić information content (AvgIpc) is 2.20. The molecule has 0 aromatic heterocycles. The third-order valence-corrected chi connectivity index (χ3v) is 2.91. The number of ether oxygens (including phenoxy) is 1. The van der Waals surface area contributed by atoms with E-state index in [-0.39, 0.29) is 5.56 Å². The van der Waals surface area contributed by atoms with Gasteiger partial charge < -0.3 is 14.9 Å². The normalized spacial score (nSPS) is 14.2. The highest BCUT2D eigenvalue weighted by atomic mass is 79.9. The Morgan fingerprint density at radius 2 is 2.00 bits per heavy atom. The highest BCUT2D eigenvalue weighted by Gasteiger charge is 2.19. The summed E-state index contributed by atoms with van der Waals surface area (Å²) in [5.74, 6) is -0.753. The van der Waals surface area contributed by atoms with Gasteiger partial charge >= 0.3 is 5.97 Å². The molecule has 0 aliphatic heterocycles. The molecule has 94 valence electrons. The van der Waals surface area contributed by atoms with E-state index in [2.05, 4.69) is 15.9 Å². The fourth-order valence-electron chi connectivity index (χ4n) is 1.33. The summed E-state index contributed by atoms with van der Waals surface area (Å²) in [6.45, 7) is 5.05. The molecule has 0 aliphatic carbocycles. The minimum Gasteiger partial charge on any atom is -0.487 e. The fraction of sp³-hybridized carbons (Fsp3) is 0.417. The second-order valence-corrected chi connectivity index (χ2v) is 4.88. The molecule has 0 saturated carbocycles. The van der Waals surface area contributed by atoms with Crippen molar-refractivity contribution in [1.82, 2.24) is 0 Å². The van der Waals surface area contributed by atoms with Crippen LogP contribution in [-0.4, -0.2) is 28.4 Å². The van der Waals surface area contributed by atoms with Crippen LogP contribution in [0, 0.1) is 6.92 Å². The Morgan fingerprint density at radius 1 is 1.41 bits per heavy atom. The summed E-state index contributed by atoms with van der Waals surface area (Å²) in [5, 5.41) is 18.5. The Bertz CT molecular complexity index is 429. The number of benzene rings is 1. The van der Waals surface area contributed by atoms with Crippen LogP contribution in [0.2, 0.25) is 0 Å². The molecular formula is C12H15BrO4. The van der Waals surface area contributed by atoms with Crippen molar-refractivity contribution >= 4 is 21.9 Å². The molecule has 0 bridgehead atoms. The third-order valence-electron chi connectivity index (χ3n) is 2.45. The molecule has 0 amide bonds. The highest BCUT2D eigenvalue weighted by molar-refractivity contribution is 9.10. The minimum atomic E-state index is -1.05. The van der Waals surface area contributed by atoms with Crippen molar-refractivity contribution < 1.29 is 19.7 Å². The van der Waals surface area contributed by atoms with Gasteiger partial charge in [-0.3, -0.25) is 0 Å². The zero-order chi connectivity index (χ0) is 13.2. The predicted molar refractivity (Wildman–Crippen MR) is 67.6 cm³/mol. The van der Waals surface area contributed by atoms with E-state index in [0.29, 0.717) is 15.8 Å². The quantitative estimate of drug-likeness (QED) is 0.897. The Balaban J connectivity index is 3.17. The van der Waals surface area contributed by atoms with E-state index in [1.54, 1.807) is 26.8 Å². The summed E-state index contributed by atoms with van der Waals surface area (Å²) in [6.07, 6.45) is -1.13. The molecule has 1 aromatic rings. The second-order valence-electron chi connectivity index (χ2n) is 3.97. The van der Waals surface area contributed by atoms with Crippen molar-refractivity contribution in [2.45, 2.75) is 33.0 Å². The molecule has 0 aliphatic rings. The maximum absolute atomic E-state index is 11.1. The van der Waals surface area contributed by atoms with Crippen LogP contribution in [0.25, 0.3) is 0 Å². The van der Waals surface area contributed by atoms with Crippen LogP contribution in [0.15, 0.2) is 16.6 Å². The van der Waals surface area contributed by atoms with Gasteiger partial charge in [0.15, 0.2) is 0 Å². The number of hydrogen-bond acceptors (Lipinski definition) is 3. The molecule has 0 heterocycles. The average molecular weight is 303 g/mol. The Labute approximate surface area is 108 Å². The van der Waals surface area contributed by atoms with Crippen LogP contribution in [0.1, 0.15) is 29.8 Å². The molecule has 4 nitrogen and oxygen atoms in total. The number of hydrogen-bond donors (Lipinski definition) is 2. The standard InChI is InChI=1S/C12H15BrO4/c1-6-4-9(13)5-10(12(15)16)11(6)17-8(3)7(2)14/h4-5,7-8,14H,1-3H3,(H,15,16). The maximum Gasteiger partial charge on any atom is 0.339 e. The van der Waals surface area contributed by atoms with Gasteiger partial charge in [0, 0.05) is 4.47 Å². The van der Waals surface area contributed by atoms with Crippen LogP contribution in [-0.2, 0) is 0 Å². The lowest BCUT2D eigenvalue weighted by atomic mass is 10.1. The number of carboxylic acid groups (broad SMARTS) is 1. The van der Waals surface area contributed by atoms with Gasteiger partial charge in [-0.1, -0.05) is 15.9 Å². The van der Waals surface area contributed by atoms with Gasteiger partial charge in [0.05, 0.1) is 6.10 Å². The Morgan fingerprint density at radius 3 is 2.47 bits per heavy atom. The van der Waals surface area contributed by atoms with Gasteiger partial charge in [0.1, 0.15) is 17.4 Å². The number of aryl methyl sites for hydroxylation is 1. The predicted octanol–water partition coefficient (Wildman–Crippen LogP) is 2.60. The number of halogens is 1. The first-order chi connectivity index (χ1) is 7.82. The molecule has 2 unspecified atom stereocenters. The van der Waals surface area contributed by atoms with Crippen molar-refractivity contribution in [2.75, 3.05) is 0 Å². The lowest BCUT2D eigenvalue weighted by molar-refractivity contribution is 0.0556. The zero-order valence-electron chi connectivity index (χ0n) is 9.90. The van der Waals surface area contributed by atoms with E-state index >= 15 is 0 Å². The van der Waals surface area contributed by atoms with Gasteiger partial charge in [-0.15, -0.1) is 0 Å². The largest absolute Gasteiger partial charge is 0.487 e. The molecule has 17 heavy (non-hydrogen) atoms. The highest BCUT2D eigenvalue weighted by Crippen LogP contribution is 2.29. The third kappa shape index (κ3) is 3.44. The Hall–Kier alpha value is -1.07. The topological polar surface area (TPSA) is 66.8 Å². The molecule has 0 fully saturated rings. The molecule has 2 N–H and O–H groups in total. The van der Waals surface area contributed by atoms with E-state index in [9.17, 15) is 9.90 Å². The molecule has 1 rings (SSSR count). The molecule has 0 saturated heterocycles. The van der Waals surface area contributed by atoms with Crippen molar-refractivity contribution in [3.8, 4) is 5.75 Å². The summed E-state index contributed by atoms with van der Waals surface area (Å²) in [7, 11) is 0. The lowest BCUT2D eigenvalue weighted by Gasteiger charge is -2.20. The van der Waals surface area contributed by atoms with Crippen LogP contribution in [0.5, 0.6) is 5.75 Å². The van der Waals surface area contributed by atoms with Crippen LogP contribution in [0.3, 0.4) is 0 Å². The van der Waals surface area contributed by atoms with Gasteiger partial charge in [-0.25, -0.2) is 4.79 Å². The van der Waals surface area contributed by atoms with Crippen molar-refractivity contribution in [1.29, 1.82) is 0 Å². The number of aliphatic hydroxyl groups excluding tert-OH is 1. The summed E-state index contributed by atoms with van der Waals surface area (Å²) >= 11 is 3.24.